The fourth-order valence-electron chi connectivity index (χ4n) is 1.60. The average Bonchev–Trinajstić information content (AvgIpc) is 2.96. The van der Waals surface area contributed by atoms with E-state index in [-0.39, 0.29) is 16.8 Å². The number of aryl methyl sites for hydroxylation is 1. The Balaban J connectivity index is 2.18. The van der Waals surface area contributed by atoms with E-state index in [2.05, 4.69) is 9.71 Å². The van der Waals surface area contributed by atoms with Crippen LogP contribution in [0.15, 0.2) is 17.6 Å². The molecular formula is C9H15N5O2S. The standard InChI is InChI=1S/C9H15N5O2S/c1-14-4-7(12-5-14)17(15,16)13-8(9(10)11)6-2-3-6/h4-6,8,13H,2-3H2,1H3,(H3,10,11). The molecule has 0 aliphatic heterocycles. The maximum Gasteiger partial charge on any atom is 0.260 e. The molecule has 1 aromatic heterocycles. The zero-order valence-electron chi connectivity index (χ0n) is 9.42. The number of aromatic nitrogens is 2. The molecule has 1 fully saturated rings. The quantitative estimate of drug-likeness (QED) is 0.483. The Morgan fingerprint density at radius 3 is 2.76 bits per heavy atom. The summed E-state index contributed by atoms with van der Waals surface area (Å²) in [6.07, 6.45) is 4.62. The van der Waals surface area contributed by atoms with E-state index < -0.39 is 16.1 Å². The molecule has 1 atom stereocenters. The van der Waals surface area contributed by atoms with Gasteiger partial charge in [-0.1, -0.05) is 0 Å². The molecule has 4 N–H and O–H groups in total. The SMILES string of the molecule is Cn1cnc(S(=O)(=O)NC(C(=N)N)C2CC2)c1. The van der Waals surface area contributed by atoms with Crippen molar-refractivity contribution in [1.29, 1.82) is 5.41 Å². The van der Waals surface area contributed by atoms with Crippen LogP contribution in [0.2, 0.25) is 0 Å². The molecule has 1 aromatic rings. The van der Waals surface area contributed by atoms with Crippen molar-refractivity contribution in [2.24, 2.45) is 18.7 Å². The van der Waals surface area contributed by atoms with Gasteiger partial charge in [-0.25, -0.2) is 13.4 Å². The topological polar surface area (TPSA) is 114 Å². The lowest BCUT2D eigenvalue weighted by molar-refractivity contribution is 0.560. The summed E-state index contributed by atoms with van der Waals surface area (Å²) in [6, 6.07) is -0.609. The van der Waals surface area contributed by atoms with Crippen LogP contribution < -0.4 is 10.5 Å². The van der Waals surface area contributed by atoms with Crippen LogP contribution in [0.25, 0.3) is 0 Å². The zero-order valence-corrected chi connectivity index (χ0v) is 10.2. The molecule has 0 saturated heterocycles. The van der Waals surface area contributed by atoms with Gasteiger partial charge in [0.2, 0.25) is 0 Å². The molecule has 7 nitrogen and oxygen atoms in total. The Bertz CT molecular complexity index is 531. The van der Waals surface area contributed by atoms with Crippen LogP contribution in [0.3, 0.4) is 0 Å². The number of sulfonamides is 1. The summed E-state index contributed by atoms with van der Waals surface area (Å²) in [7, 11) is -2.00. The molecular weight excluding hydrogens is 242 g/mol. The van der Waals surface area contributed by atoms with Gasteiger partial charge in [0.15, 0.2) is 5.03 Å². The molecule has 0 spiro atoms. The molecule has 0 radical (unpaired) electrons. The largest absolute Gasteiger partial charge is 0.386 e. The van der Waals surface area contributed by atoms with Crippen LogP contribution >= 0.6 is 0 Å². The number of nitrogens with two attached hydrogens (primary N) is 1. The molecule has 8 heteroatoms. The van der Waals surface area contributed by atoms with Crippen LogP contribution in [0, 0.1) is 11.3 Å². The third-order valence-electron chi connectivity index (χ3n) is 2.67. The number of hydrogen-bond acceptors (Lipinski definition) is 4. The Labute approximate surface area is 99.6 Å². The van der Waals surface area contributed by atoms with Crippen molar-refractivity contribution in [2.75, 3.05) is 0 Å². The molecule has 1 unspecified atom stereocenters. The van der Waals surface area contributed by atoms with Gasteiger partial charge in [-0.2, -0.15) is 4.72 Å². The third kappa shape index (κ3) is 2.64. The van der Waals surface area contributed by atoms with E-state index in [0.717, 1.165) is 12.8 Å². The number of imidazole rings is 1. The molecule has 94 valence electrons. The van der Waals surface area contributed by atoms with Gasteiger partial charge in [-0.3, -0.25) is 5.41 Å². The van der Waals surface area contributed by atoms with Gasteiger partial charge in [0.1, 0.15) is 5.84 Å². The molecule has 17 heavy (non-hydrogen) atoms. The van der Waals surface area contributed by atoms with Crippen molar-refractivity contribution in [3.8, 4) is 0 Å². The molecule has 0 amide bonds. The monoisotopic (exact) mass is 257 g/mol. The van der Waals surface area contributed by atoms with Gasteiger partial charge in [-0.05, 0) is 18.8 Å². The highest BCUT2D eigenvalue weighted by atomic mass is 32.2. The third-order valence-corrected chi connectivity index (χ3v) is 3.99. The number of hydrogen-bond donors (Lipinski definition) is 3. The first-order valence-electron chi connectivity index (χ1n) is 5.24. The minimum atomic E-state index is -3.69. The first kappa shape index (κ1) is 12.1. The summed E-state index contributed by atoms with van der Waals surface area (Å²) in [5.41, 5.74) is 5.40. The van der Waals surface area contributed by atoms with E-state index in [1.807, 2.05) is 0 Å². The van der Waals surface area contributed by atoms with Crippen LogP contribution in [-0.2, 0) is 17.1 Å². The van der Waals surface area contributed by atoms with E-state index in [1.54, 1.807) is 11.6 Å². The van der Waals surface area contributed by atoms with Crippen LogP contribution in [-0.4, -0.2) is 29.8 Å². The van der Waals surface area contributed by atoms with Gasteiger partial charge >= 0.3 is 0 Å². The van der Waals surface area contributed by atoms with Crippen molar-refractivity contribution < 1.29 is 8.42 Å². The smallest absolute Gasteiger partial charge is 0.260 e. The first-order chi connectivity index (χ1) is 7.90. The fourth-order valence-corrected chi connectivity index (χ4v) is 2.86. The van der Waals surface area contributed by atoms with Crippen LogP contribution in [0.4, 0.5) is 0 Å². The first-order valence-corrected chi connectivity index (χ1v) is 6.72. The second-order valence-corrected chi connectivity index (χ2v) is 5.93. The van der Waals surface area contributed by atoms with Crippen molar-refractivity contribution in [1.82, 2.24) is 14.3 Å². The van der Waals surface area contributed by atoms with E-state index in [4.69, 9.17) is 11.1 Å². The van der Waals surface area contributed by atoms with Crippen LogP contribution in [0.5, 0.6) is 0 Å². The van der Waals surface area contributed by atoms with E-state index in [1.165, 1.54) is 12.5 Å². The summed E-state index contributed by atoms with van der Waals surface area (Å²) in [4.78, 5) is 3.78. The normalized spacial score (nSPS) is 17.9. The van der Waals surface area contributed by atoms with E-state index in [9.17, 15) is 8.42 Å². The lowest BCUT2D eigenvalue weighted by atomic mass is 10.2. The minimum absolute atomic E-state index is 0.0492. The predicted molar refractivity (Wildman–Crippen MR) is 62.0 cm³/mol. The summed E-state index contributed by atoms with van der Waals surface area (Å²) < 4.78 is 27.9. The number of rotatable bonds is 5. The van der Waals surface area contributed by atoms with Gasteiger partial charge in [-0.15, -0.1) is 0 Å². The lowest BCUT2D eigenvalue weighted by Crippen LogP contribution is -2.45. The van der Waals surface area contributed by atoms with Crippen molar-refractivity contribution in [3.05, 3.63) is 12.5 Å². The van der Waals surface area contributed by atoms with Gasteiger partial charge in [0.05, 0.1) is 12.4 Å². The highest BCUT2D eigenvalue weighted by Gasteiger charge is 2.36. The highest BCUT2D eigenvalue weighted by molar-refractivity contribution is 7.89. The fraction of sp³-hybridized carbons (Fsp3) is 0.556. The highest BCUT2D eigenvalue weighted by Crippen LogP contribution is 2.33. The Morgan fingerprint density at radius 1 is 1.71 bits per heavy atom. The van der Waals surface area contributed by atoms with Gasteiger partial charge in [0.25, 0.3) is 10.0 Å². The Hall–Kier alpha value is -1.41. The van der Waals surface area contributed by atoms with Gasteiger partial charge in [0, 0.05) is 13.2 Å². The van der Waals surface area contributed by atoms with Gasteiger partial charge < -0.3 is 10.3 Å². The summed E-state index contributed by atoms with van der Waals surface area (Å²) in [5.74, 6) is -0.00186. The minimum Gasteiger partial charge on any atom is -0.386 e. The number of nitrogens with zero attached hydrogens (tertiary/aromatic N) is 2. The Morgan fingerprint density at radius 2 is 2.35 bits per heavy atom. The predicted octanol–water partition coefficient (Wildman–Crippen LogP) is -0.587. The average molecular weight is 257 g/mol. The molecule has 2 rings (SSSR count). The second-order valence-electron chi connectivity index (χ2n) is 4.27. The van der Waals surface area contributed by atoms with Crippen molar-refractivity contribution in [3.63, 3.8) is 0 Å². The number of amidine groups is 1. The number of nitrogens with one attached hydrogen (secondary N) is 2. The molecule has 1 heterocycles. The van der Waals surface area contributed by atoms with E-state index >= 15 is 0 Å². The maximum atomic E-state index is 12.0. The zero-order chi connectivity index (χ0) is 12.6. The summed E-state index contributed by atoms with van der Waals surface area (Å²) >= 11 is 0. The summed E-state index contributed by atoms with van der Waals surface area (Å²) in [6.45, 7) is 0. The Kier molecular flexibility index (Phi) is 2.92. The van der Waals surface area contributed by atoms with Crippen molar-refractivity contribution in [2.45, 2.75) is 23.9 Å². The molecule has 0 bridgehead atoms. The van der Waals surface area contributed by atoms with Crippen molar-refractivity contribution >= 4 is 15.9 Å². The molecule has 1 aliphatic rings. The lowest BCUT2D eigenvalue weighted by Gasteiger charge is -2.15. The maximum absolute atomic E-state index is 12.0. The van der Waals surface area contributed by atoms with Crippen LogP contribution in [0.1, 0.15) is 12.8 Å². The van der Waals surface area contributed by atoms with E-state index in [0.29, 0.717) is 0 Å². The molecule has 1 saturated carbocycles. The summed E-state index contributed by atoms with van der Waals surface area (Å²) in [5, 5.41) is 7.35. The second kappa shape index (κ2) is 4.11. The molecule has 1 aliphatic carbocycles. The molecule has 0 aromatic carbocycles.